The third-order valence-electron chi connectivity index (χ3n) is 1.42. The fourth-order valence-electron chi connectivity index (χ4n) is 1.32. The predicted molar refractivity (Wildman–Crippen MR) is 76.0 cm³/mol. The van der Waals surface area contributed by atoms with Crippen molar-refractivity contribution in [2.24, 2.45) is 0 Å². The summed E-state index contributed by atoms with van der Waals surface area (Å²) in [5, 5.41) is 0. The average Bonchev–Trinajstić information content (AvgIpc) is 1.73. The molecule has 92 valence electrons. The van der Waals surface area contributed by atoms with Gasteiger partial charge in [0.2, 0.25) is 0 Å². The van der Waals surface area contributed by atoms with Gasteiger partial charge in [0.1, 0.15) is 0 Å². The molecule has 0 saturated heterocycles. The summed E-state index contributed by atoms with van der Waals surface area (Å²) < 4.78 is 17.8. The second kappa shape index (κ2) is 5.89. The van der Waals surface area contributed by atoms with Crippen LogP contribution in [0.25, 0.3) is 0 Å². The van der Waals surface area contributed by atoms with Gasteiger partial charge in [-0.05, 0) is 52.4 Å². The fourth-order valence-corrected chi connectivity index (χ4v) is 12.9. The van der Waals surface area contributed by atoms with E-state index in [4.69, 9.17) is 12.3 Å². The summed E-state index contributed by atoms with van der Waals surface area (Å²) in [5.74, 6) is 0. The highest BCUT2D eigenvalue weighted by atomic mass is 28.5. The highest BCUT2D eigenvalue weighted by Crippen LogP contribution is 2.10. The summed E-state index contributed by atoms with van der Waals surface area (Å²) in [4.78, 5) is 0. The normalized spacial score (nSPS) is 17.6. The van der Waals surface area contributed by atoms with Crippen molar-refractivity contribution < 1.29 is 12.3 Å². The molecule has 0 aliphatic heterocycles. The topological polar surface area (TPSA) is 27.7 Å². The first-order valence-corrected chi connectivity index (χ1v) is 16.5. The van der Waals surface area contributed by atoms with E-state index in [-0.39, 0.29) is 0 Å². The van der Waals surface area contributed by atoms with E-state index in [0.717, 1.165) is 0 Å². The molecule has 0 aliphatic rings. The fraction of sp³-hybridized carbons (Fsp3) is 1.00. The molecule has 0 radical (unpaired) electrons. The van der Waals surface area contributed by atoms with Crippen molar-refractivity contribution in [2.45, 2.75) is 52.4 Å². The third-order valence-corrected chi connectivity index (χ3v) is 12.8. The van der Waals surface area contributed by atoms with Crippen LogP contribution < -0.4 is 0 Å². The largest absolute Gasteiger partial charge is 0.439 e. The van der Waals surface area contributed by atoms with Crippen LogP contribution in [-0.4, -0.2) is 35.2 Å². The monoisotopic (exact) mass is 282 g/mol. The van der Waals surface area contributed by atoms with E-state index in [2.05, 4.69) is 52.4 Å². The molecule has 0 saturated carbocycles. The molecule has 2 unspecified atom stereocenters. The Morgan fingerprint density at radius 1 is 0.667 bits per heavy atom. The Hall–Kier alpha value is 0.748. The maximum atomic E-state index is 5.95. The number of hydrogen-bond acceptors (Lipinski definition) is 3. The first-order chi connectivity index (χ1) is 6.49. The van der Waals surface area contributed by atoms with E-state index in [1.807, 2.05) is 0 Å². The maximum Gasteiger partial charge on any atom is 0.298 e. The second-order valence-corrected chi connectivity index (χ2v) is 19.4. The zero-order chi connectivity index (χ0) is 12.3. The van der Waals surface area contributed by atoms with Crippen molar-refractivity contribution in [1.29, 1.82) is 0 Å². The van der Waals surface area contributed by atoms with E-state index in [0.29, 0.717) is 0 Å². The van der Waals surface area contributed by atoms with Gasteiger partial charge in [-0.25, -0.2) is 0 Å². The summed E-state index contributed by atoms with van der Waals surface area (Å²) >= 11 is 0. The van der Waals surface area contributed by atoms with Gasteiger partial charge in [-0.3, -0.25) is 0 Å². The summed E-state index contributed by atoms with van der Waals surface area (Å²) in [6.45, 7) is 17.4. The van der Waals surface area contributed by atoms with Crippen molar-refractivity contribution in [3.8, 4) is 0 Å². The first-order valence-electron chi connectivity index (χ1n) is 5.51. The molecular weight excluding hydrogens is 256 g/mol. The van der Waals surface area contributed by atoms with E-state index >= 15 is 0 Å². The minimum Gasteiger partial charge on any atom is -0.439 e. The Balaban J connectivity index is 3.92. The van der Waals surface area contributed by atoms with Gasteiger partial charge < -0.3 is 12.3 Å². The summed E-state index contributed by atoms with van der Waals surface area (Å²) in [6.07, 6.45) is 0. The minimum atomic E-state index is -1.45. The van der Waals surface area contributed by atoms with Crippen LogP contribution in [0.5, 0.6) is 0 Å². The Kier molecular flexibility index (Phi) is 6.19. The Morgan fingerprint density at radius 2 is 0.933 bits per heavy atom. The van der Waals surface area contributed by atoms with Crippen LogP contribution in [-0.2, 0) is 12.3 Å². The van der Waals surface area contributed by atoms with Crippen LogP contribution in [0.1, 0.15) is 0 Å². The van der Waals surface area contributed by atoms with Gasteiger partial charge in [0.25, 0.3) is 18.6 Å². The zero-order valence-electron chi connectivity index (χ0n) is 11.4. The highest BCUT2D eigenvalue weighted by Gasteiger charge is 2.25. The summed E-state index contributed by atoms with van der Waals surface area (Å²) in [7, 11) is -5.77. The lowest BCUT2D eigenvalue weighted by atomic mass is 11.8. The van der Waals surface area contributed by atoms with Crippen molar-refractivity contribution in [3.63, 3.8) is 0 Å². The van der Waals surface area contributed by atoms with Crippen molar-refractivity contribution in [1.82, 2.24) is 0 Å². The Bertz CT molecular complexity index is 167. The van der Waals surface area contributed by atoms with Gasteiger partial charge in [0.05, 0.1) is 0 Å². The van der Waals surface area contributed by atoms with Gasteiger partial charge in [-0.2, -0.15) is 0 Å². The summed E-state index contributed by atoms with van der Waals surface area (Å²) in [5.41, 5.74) is 0. The van der Waals surface area contributed by atoms with Crippen molar-refractivity contribution in [2.75, 3.05) is 0 Å². The Morgan fingerprint density at radius 3 is 1.13 bits per heavy atom. The number of rotatable bonds is 6. The van der Waals surface area contributed by atoms with Crippen molar-refractivity contribution >= 4 is 35.2 Å². The third kappa shape index (κ3) is 11.0. The molecule has 0 fully saturated rings. The Labute approximate surface area is 100 Å². The van der Waals surface area contributed by atoms with Crippen LogP contribution >= 0.6 is 0 Å². The van der Waals surface area contributed by atoms with Gasteiger partial charge in [-0.1, -0.05) is 0 Å². The maximum absolute atomic E-state index is 5.95. The van der Waals surface area contributed by atoms with E-state index in [1.54, 1.807) is 0 Å². The minimum absolute atomic E-state index is 1.43. The van der Waals surface area contributed by atoms with Crippen LogP contribution in [0.15, 0.2) is 0 Å². The van der Waals surface area contributed by atoms with Gasteiger partial charge >= 0.3 is 0 Å². The molecule has 0 spiro atoms. The van der Waals surface area contributed by atoms with Gasteiger partial charge in [0, 0.05) is 0 Å². The molecule has 0 bridgehead atoms. The number of hydrogen-bond donors (Lipinski definition) is 0. The molecule has 7 heteroatoms. The molecule has 3 nitrogen and oxygen atoms in total. The molecule has 0 N–H and O–H groups in total. The SMILES string of the molecule is C[SiH](O[SiH](C)O[Si](C)(C)C)O[Si](C)(C)C. The van der Waals surface area contributed by atoms with E-state index in [9.17, 15) is 0 Å². The second-order valence-electron chi connectivity index (χ2n) is 5.73. The van der Waals surface area contributed by atoms with Crippen LogP contribution in [0.2, 0.25) is 52.4 Å². The van der Waals surface area contributed by atoms with Crippen molar-refractivity contribution in [3.05, 3.63) is 0 Å². The molecule has 15 heavy (non-hydrogen) atoms. The van der Waals surface area contributed by atoms with Gasteiger partial charge in [0.15, 0.2) is 16.6 Å². The first kappa shape index (κ1) is 15.7. The molecule has 2 atom stereocenters. The smallest absolute Gasteiger partial charge is 0.298 e. The van der Waals surface area contributed by atoms with Crippen LogP contribution in [0.4, 0.5) is 0 Å². The lowest BCUT2D eigenvalue weighted by molar-refractivity contribution is 0.375. The highest BCUT2D eigenvalue weighted by molar-refractivity contribution is 6.79. The summed E-state index contributed by atoms with van der Waals surface area (Å²) in [6, 6.07) is 0. The molecule has 0 aromatic heterocycles. The molecular formula is C8H26O3Si4. The van der Waals surface area contributed by atoms with E-state index < -0.39 is 35.2 Å². The average molecular weight is 283 g/mol. The molecule has 0 aromatic rings. The molecule has 0 amide bonds. The molecule has 0 aliphatic carbocycles. The van der Waals surface area contributed by atoms with Crippen LogP contribution in [0.3, 0.4) is 0 Å². The molecule has 0 rings (SSSR count). The quantitative estimate of drug-likeness (QED) is 0.700. The lowest BCUT2D eigenvalue weighted by Crippen LogP contribution is -2.42. The van der Waals surface area contributed by atoms with E-state index in [1.165, 1.54) is 0 Å². The van der Waals surface area contributed by atoms with Gasteiger partial charge in [-0.15, -0.1) is 0 Å². The predicted octanol–water partition coefficient (Wildman–Crippen LogP) is 2.41. The molecule has 0 heterocycles. The standard InChI is InChI=1S/C8H26O3Si4/c1-12(10-14(3,4)5)9-13(2)11-15(6,7)8/h12-13H,1-8H3. The molecule has 0 aromatic carbocycles. The zero-order valence-corrected chi connectivity index (χ0v) is 15.7. The lowest BCUT2D eigenvalue weighted by Gasteiger charge is -2.28. The van der Waals surface area contributed by atoms with Crippen LogP contribution in [0, 0.1) is 0 Å².